The number of carbonyl (C=O) groups excluding carboxylic acids is 1. The van der Waals surface area contributed by atoms with Gasteiger partial charge in [-0.1, -0.05) is 12.2 Å². The molecule has 0 spiro atoms. The zero-order valence-electron chi connectivity index (χ0n) is 6.47. The van der Waals surface area contributed by atoms with Gasteiger partial charge in [-0.25, -0.2) is 0 Å². The summed E-state index contributed by atoms with van der Waals surface area (Å²) < 4.78 is 0. The first-order valence-corrected chi connectivity index (χ1v) is 3.67. The minimum atomic E-state index is 0.482. The Bertz CT molecular complexity index is 99.4. The average molecular weight is 141 g/mol. The molecule has 0 unspecified atom stereocenters. The monoisotopic (exact) mass is 141 g/mol. The van der Waals surface area contributed by atoms with E-state index in [1.807, 2.05) is 13.0 Å². The van der Waals surface area contributed by atoms with Gasteiger partial charge < -0.3 is 10.1 Å². The molecule has 0 fully saturated rings. The maximum absolute atomic E-state index is 9.82. The molecule has 0 aromatic rings. The molecular formula is C8H15NO. The maximum atomic E-state index is 9.82. The van der Waals surface area contributed by atoms with Crippen LogP contribution in [0.25, 0.3) is 0 Å². The third kappa shape index (κ3) is 7.37. The molecule has 0 aliphatic carbocycles. The van der Waals surface area contributed by atoms with Gasteiger partial charge in [0.05, 0.1) is 6.54 Å². The molecule has 0 saturated heterocycles. The van der Waals surface area contributed by atoms with Crippen molar-refractivity contribution in [2.24, 2.45) is 0 Å². The van der Waals surface area contributed by atoms with Gasteiger partial charge in [0.2, 0.25) is 0 Å². The summed E-state index contributed by atoms with van der Waals surface area (Å²) in [6, 6.07) is 0. The van der Waals surface area contributed by atoms with Crippen molar-refractivity contribution in [2.45, 2.75) is 19.8 Å². The highest BCUT2D eigenvalue weighted by molar-refractivity contribution is 5.51. The van der Waals surface area contributed by atoms with E-state index in [1.54, 1.807) is 0 Å². The number of rotatable bonds is 6. The van der Waals surface area contributed by atoms with Crippen molar-refractivity contribution in [2.75, 3.05) is 13.1 Å². The van der Waals surface area contributed by atoms with Gasteiger partial charge in [-0.3, -0.25) is 0 Å². The Morgan fingerprint density at radius 1 is 1.50 bits per heavy atom. The Labute approximate surface area is 62.3 Å². The first-order valence-electron chi connectivity index (χ1n) is 3.67. The van der Waals surface area contributed by atoms with Gasteiger partial charge in [0.1, 0.15) is 6.29 Å². The van der Waals surface area contributed by atoms with E-state index in [-0.39, 0.29) is 0 Å². The fourth-order valence-corrected chi connectivity index (χ4v) is 0.673. The number of nitrogens with one attached hydrogen (secondary N) is 1. The lowest BCUT2D eigenvalue weighted by Crippen LogP contribution is -2.17. The van der Waals surface area contributed by atoms with Crippen LogP contribution < -0.4 is 5.32 Å². The van der Waals surface area contributed by atoms with Crippen LogP contribution in [0.5, 0.6) is 0 Å². The van der Waals surface area contributed by atoms with Gasteiger partial charge in [0.25, 0.3) is 0 Å². The second kappa shape index (κ2) is 8.37. The molecule has 0 aliphatic heterocycles. The molecule has 2 nitrogen and oxygen atoms in total. The van der Waals surface area contributed by atoms with Gasteiger partial charge in [0, 0.05) is 0 Å². The summed E-state index contributed by atoms with van der Waals surface area (Å²) in [5.41, 5.74) is 0. The van der Waals surface area contributed by atoms with Crippen LogP contribution in [0.2, 0.25) is 0 Å². The summed E-state index contributed by atoms with van der Waals surface area (Å²) in [6.45, 7) is 3.43. The Morgan fingerprint density at radius 2 is 2.30 bits per heavy atom. The molecule has 0 rings (SSSR count). The zero-order valence-corrected chi connectivity index (χ0v) is 6.47. The molecule has 0 radical (unpaired) electrons. The molecule has 0 saturated carbocycles. The largest absolute Gasteiger partial charge is 0.310 e. The van der Waals surface area contributed by atoms with Crippen molar-refractivity contribution >= 4 is 6.29 Å². The van der Waals surface area contributed by atoms with E-state index in [2.05, 4.69) is 11.4 Å². The molecule has 58 valence electrons. The summed E-state index contributed by atoms with van der Waals surface area (Å²) in [7, 11) is 0. The van der Waals surface area contributed by atoms with Crippen molar-refractivity contribution in [3.05, 3.63) is 12.2 Å². The van der Waals surface area contributed by atoms with Crippen LogP contribution in [0, 0.1) is 0 Å². The molecule has 0 aromatic carbocycles. The van der Waals surface area contributed by atoms with Crippen LogP contribution in [0.1, 0.15) is 19.8 Å². The Morgan fingerprint density at radius 3 is 2.90 bits per heavy atom. The summed E-state index contributed by atoms with van der Waals surface area (Å²) in [5.74, 6) is 0. The summed E-state index contributed by atoms with van der Waals surface area (Å²) in [4.78, 5) is 9.82. The molecule has 0 heterocycles. The fourth-order valence-electron chi connectivity index (χ4n) is 0.673. The second-order valence-corrected chi connectivity index (χ2v) is 2.08. The van der Waals surface area contributed by atoms with E-state index in [0.717, 1.165) is 25.7 Å². The number of hydrogen-bond acceptors (Lipinski definition) is 2. The average Bonchev–Trinajstić information content (AvgIpc) is 1.97. The van der Waals surface area contributed by atoms with E-state index in [1.165, 1.54) is 0 Å². The number of aldehydes is 1. The highest BCUT2D eigenvalue weighted by atomic mass is 16.1. The van der Waals surface area contributed by atoms with Crippen molar-refractivity contribution in [1.29, 1.82) is 0 Å². The molecule has 0 atom stereocenters. The number of allylic oxidation sites excluding steroid dienone is 2. The van der Waals surface area contributed by atoms with Gasteiger partial charge in [-0.2, -0.15) is 0 Å². The van der Waals surface area contributed by atoms with Gasteiger partial charge in [-0.05, 0) is 26.3 Å². The maximum Gasteiger partial charge on any atom is 0.133 e. The standard InChI is InChI=1S/C8H15NO/c1-2-3-4-5-6-9-7-8-10/h2-3,8-9H,4-7H2,1H3. The molecular weight excluding hydrogens is 126 g/mol. The number of carbonyl (C=O) groups is 1. The Balaban J connectivity index is 2.83. The van der Waals surface area contributed by atoms with E-state index in [0.29, 0.717) is 6.54 Å². The lowest BCUT2D eigenvalue weighted by Gasteiger charge is -1.95. The SMILES string of the molecule is CC=CCCCNCC=O. The van der Waals surface area contributed by atoms with Crippen molar-refractivity contribution in [3.63, 3.8) is 0 Å². The Kier molecular flexibility index (Phi) is 7.84. The summed E-state index contributed by atoms with van der Waals surface area (Å²) in [5, 5.41) is 2.99. The van der Waals surface area contributed by atoms with E-state index < -0.39 is 0 Å². The first-order chi connectivity index (χ1) is 4.91. The molecule has 0 aromatic heterocycles. The van der Waals surface area contributed by atoms with Crippen LogP contribution in [0.15, 0.2) is 12.2 Å². The van der Waals surface area contributed by atoms with Crippen LogP contribution in [-0.4, -0.2) is 19.4 Å². The van der Waals surface area contributed by atoms with Crippen LogP contribution >= 0.6 is 0 Å². The predicted octanol–water partition coefficient (Wildman–Crippen LogP) is 1.13. The molecule has 0 bridgehead atoms. The van der Waals surface area contributed by atoms with Crippen molar-refractivity contribution in [3.8, 4) is 0 Å². The lowest BCUT2D eigenvalue weighted by molar-refractivity contribution is -0.107. The minimum absolute atomic E-state index is 0.482. The second-order valence-electron chi connectivity index (χ2n) is 2.08. The normalized spacial score (nSPS) is 10.5. The Hall–Kier alpha value is -0.630. The van der Waals surface area contributed by atoms with Crippen LogP contribution in [-0.2, 0) is 4.79 Å². The summed E-state index contributed by atoms with van der Waals surface area (Å²) >= 11 is 0. The van der Waals surface area contributed by atoms with Crippen molar-refractivity contribution < 1.29 is 4.79 Å². The third-order valence-electron chi connectivity index (χ3n) is 1.19. The smallest absolute Gasteiger partial charge is 0.133 e. The minimum Gasteiger partial charge on any atom is -0.310 e. The quantitative estimate of drug-likeness (QED) is 0.341. The molecule has 0 aliphatic rings. The van der Waals surface area contributed by atoms with Crippen molar-refractivity contribution in [1.82, 2.24) is 5.32 Å². The number of unbranched alkanes of at least 4 members (excludes halogenated alkanes) is 1. The third-order valence-corrected chi connectivity index (χ3v) is 1.19. The highest BCUT2D eigenvalue weighted by Crippen LogP contribution is 1.87. The van der Waals surface area contributed by atoms with Gasteiger partial charge in [-0.15, -0.1) is 0 Å². The molecule has 0 amide bonds. The zero-order chi connectivity index (χ0) is 7.66. The van der Waals surface area contributed by atoms with Crippen LogP contribution in [0.4, 0.5) is 0 Å². The van der Waals surface area contributed by atoms with E-state index >= 15 is 0 Å². The first kappa shape index (κ1) is 9.37. The topological polar surface area (TPSA) is 29.1 Å². The highest BCUT2D eigenvalue weighted by Gasteiger charge is 1.82. The number of hydrogen-bond donors (Lipinski definition) is 1. The van der Waals surface area contributed by atoms with Gasteiger partial charge in [0.15, 0.2) is 0 Å². The lowest BCUT2D eigenvalue weighted by atomic mass is 10.3. The molecule has 10 heavy (non-hydrogen) atoms. The molecule has 1 N–H and O–H groups in total. The van der Waals surface area contributed by atoms with E-state index in [4.69, 9.17) is 0 Å². The molecule has 2 heteroatoms. The van der Waals surface area contributed by atoms with E-state index in [9.17, 15) is 4.79 Å². The fraction of sp³-hybridized carbons (Fsp3) is 0.625. The van der Waals surface area contributed by atoms with Crippen LogP contribution in [0.3, 0.4) is 0 Å². The van der Waals surface area contributed by atoms with Gasteiger partial charge >= 0.3 is 0 Å². The predicted molar refractivity (Wildman–Crippen MR) is 43.0 cm³/mol. The summed E-state index contributed by atoms with van der Waals surface area (Å²) in [6.07, 6.45) is 7.26.